The third kappa shape index (κ3) is 8.07. The molecule has 2 aliphatic heterocycles. The Kier molecular flexibility index (Phi) is 9.54. The minimum atomic E-state index is -1.02. The molecule has 2 aromatic carbocycles. The fourth-order valence-electron chi connectivity index (χ4n) is 5.15. The van der Waals surface area contributed by atoms with E-state index in [4.69, 9.17) is 13.9 Å². The summed E-state index contributed by atoms with van der Waals surface area (Å²) in [7, 11) is 0. The molecule has 11 nitrogen and oxygen atoms in total. The van der Waals surface area contributed by atoms with Gasteiger partial charge >= 0.3 is 0 Å². The molecule has 5 rings (SSSR count). The van der Waals surface area contributed by atoms with Crippen molar-refractivity contribution in [1.29, 1.82) is 0 Å². The summed E-state index contributed by atoms with van der Waals surface area (Å²) in [5.74, 6) is -1.53. The number of Topliss-reactive ketones (excluding diaryl/α,β-unsaturated/α-hetero) is 1. The van der Waals surface area contributed by atoms with Gasteiger partial charge in [-0.1, -0.05) is 36.4 Å². The second kappa shape index (κ2) is 13.5. The van der Waals surface area contributed by atoms with Crippen LogP contribution in [-0.2, 0) is 41.5 Å². The molecular weight excluding hydrogens is 552 g/mol. The predicted molar refractivity (Wildman–Crippen MR) is 158 cm³/mol. The number of hydrogen-bond acceptors (Lipinski definition) is 8. The van der Waals surface area contributed by atoms with Crippen molar-refractivity contribution in [2.24, 2.45) is 0 Å². The molecule has 2 saturated heterocycles. The van der Waals surface area contributed by atoms with Gasteiger partial charge in [0.15, 0.2) is 5.78 Å². The zero-order valence-electron chi connectivity index (χ0n) is 24.5. The van der Waals surface area contributed by atoms with Crippen LogP contribution in [0, 0.1) is 0 Å². The Labute approximate surface area is 250 Å². The highest BCUT2D eigenvalue weighted by Crippen LogP contribution is 2.29. The minimum Gasteiger partial charge on any atom is -0.464 e. The highest BCUT2D eigenvalue weighted by atomic mass is 16.6. The lowest BCUT2D eigenvalue weighted by molar-refractivity contribution is -0.134. The summed E-state index contributed by atoms with van der Waals surface area (Å²) in [6.07, 6.45) is 2.02. The molecule has 3 N–H and O–H groups in total. The Bertz CT molecular complexity index is 1450. The molecular formula is C32H38N4O7. The molecule has 0 bridgehead atoms. The Morgan fingerprint density at radius 3 is 2.30 bits per heavy atom. The van der Waals surface area contributed by atoms with E-state index in [2.05, 4.69) is 16.0 Å². The van der Waals surface area contributed by atoms with Gasteiger partial charge in [0, 0.05) is 24.9 Å². The molecule has 3 amide bonds. The molecule has 2 aliphatic rings. The van der Waals surface area contributed by atoms with E-state index >= 15 is 0 Å². The molecule has 0 spiro atoms. The first kappa shape index (κ1) is 30.4. The number of nitrogens with one attached hydrogen (secondary N) is 3. The molecule has 3 heterocycles. The van der Waals surface area contributed by atoms with Crippen molar-refractivity contribution in [2.75, 3.05) is 39.5 Å². The minimum absolute atomic E-state index is 0.153. The molecule has 11 heteroatoms. The lowest BCUT2D eigenvalue weighted by Gasteiger charge is -2.27. The number of carbonyl (C=O) groups is 4. The van der Waals surface area contributed by atoms with Crippen LogP contribution in [0.15, 0.2) is 65.3 Å². The fourth-order valence-corrected chi connectivity index (χ4v) is 5.15. The summed E-state index contributed by atoms with van der Waals surface area (Å²) in [6.45, 7) is 6.13. The second-order valence-electron chi connectivity index (χ2n) is 11.4. The molecule has 0 unspecified atom stereocenters. The van der Waals surface area contributed by atoms with Gasteiger partial charge in [0.1, 0.15) is 23.3 Å². The van der Waals surface area contributed by atoms with Gasteiger partial charge in [0.2, 0.25) is 17.7 Å². The molecule has 0 radical (unpaired) electrons. The zero-order chi connectivity index (χ0) is 30.4. The Hall–Kier alpha value is -4.06. The van der Waals surface area contributed by atoms with Crippen molar-refractivity contribution in [1.82, 2.24) is 20.9 Å². The van der Waals surface area contributed by atoms with E-state index in [-0.39, 0.29) is 31.1 Å². The third-order valence-corrected chi connectivity index (χ3v) is 7.85. The monoisotopic (exact) mass is 590 g/mol. The standard InChI is InChI=1S/C32H38N4O7/c1-21(33-28(37)19-36-11-14-41-15-12-36)30(39)35-26(18-23-8-9-27-24(16-23)10-13-42-27)31(40)34-25(29(38)32(2)20-43-32)17-22-6-4-3-5-7-22/h3-10,13,16,21,25-26H,11-12,14-15,17-20H2,1-2H3,(H,33,37)(H,34,40)(H,35,39)/t21-,25-,26-,32+/m0/s1. The quantitative estimate of drug-likeness (QED) is 0.254. The molecule has 2 fully saturated rings. The van der Waals surface area contributed by atoms with Crippen molar-refractivity contribution < 1.29 is 33.1 Å². The number of amides is 3. The number of morpholine rings is 1. The van der Waals surface area contributed by atoms with E-state index in [9.17, 15) is 19.2 Å². The van der Waals surface area contributed by atoms with Gasteiger partial charge in [0.25, 0.3) is 0 Å². The number of fused-ring (bicyclic) bond motifs is 1. The van der Waals surface area contributed by atoms with E-state index in [1.807, 2.05) is 59.5 Å². The molecule has 43 heavy (non-hydrogen) atoms. The summed E-state index contributed by atoms with van der Waals surface area (Å²) in [6, 6.07) is 14.0. The summed E-state index contributed by atoms with van der Waals surface area (Å²) in [4.78, 5) is 55.1. The van der Waals surface area contributed by atoms with Gasteiger partial charge in [0.05, 0.1) is 38.7 Å². The van der Waals surface area contributed by atoms with Crippen LogP contribution in [0.2, 0.25) is 0 Å². The lowest BCUT2D eigenvalue weighted by Crippen LogP contribution is -2.57. The van der Waals surface area contributed by atoms with Crippen LogP contribution >= 0.6 is 0 Å². The Balaban J connectivity index is 1.30. The van der Waals surface area contributed by atoms with Crippen LogP contribution in [-0.4, -0.2) is 91.6 Å². The normalized spacial score (nSPS) is 20.5. The summed E-state index contributed by atoms with van der Waals surface area (Å²) < 4.78 is 16.2. The maximum absolute atomic E-state index is 13.8. The highest BCUT2D eigenvalue weighted by Gasteiger charge is 2.50. The predicted octanol–water partition coefficient (Wildman–Crippen LogP) is 1.38. The van der Waals surface area contributed by atoms with E-state index < -0.39 is 35.5 Å². The average molecular weight is 591 g/mol. The highest BCUT2D eigenvalue weighted by molar-refractivity contribution is 5.98. The van der Waals surface area contributed by atoms with Gasteiger partial charge in [-0.15, -0.1) is 0 Å². The first-order valence-corrected chi connectivity index (χ1v) is 14.6. The van der Waals surface area contributed by atoms with Crippen molar-refractivity contribution >= 4 is 34.5 Å². The Morgan fingerprint density at radius 1 is 0.884 bits per heavy atom. The van der Waals surface area contributed by atoms with E-state index in [0.29, 0.717) is 38.5 Å². The molecule has 0 saturated carbocycles. The third-order valence-electron chi connectivity index (χ3n) is 7.85. The molecule has 4 atom stereocenters. The topological polar surface area (TPSA) is 143 Å². The number of ketones is 1. The number of carbonyl (C=O) groups excluding carboxylic acids is 4. The van der Waals surface area contributed by atoms with Gasteiger partial charge in [-0.3, -0.25) is 24.1 Å². The van der Waals surface area contributed by atoms with Crippen LogP contribution in [0.25, 0.3) is 11.0 Å². The van der Waals surface area contributed by atoms with Gasteiger partial charge in [-0.2, -0.15) is 0 Å². The van der Waals surface area contributed by atoms with E-state index in [1.165, 1.54) is 0 Å². The largest absolute Gasteiger partial charge is 0.464 e. The SMILES string of the molecule is C[C@H](NC(=O)CN1CCOCC1)C(=O)N[C@@H](Cc1ccc2occc2c1)C(=O)N[C@@H](Cc1ccccc1)C(=O)[C@@]1(C)CO1. The number of hydrogen-bond donors (Lipinski definition) is 3. The Morgan fingerprint density at radius 2 is 1.58 bits per heavy atom. The average Bonchev–Trinajstić information content (AvgIpc) is 3.58. The number of benzene rings is 2. The van der Waals surface area contributed by atoms with Gasteiger partial charge in [-0.05, 0) is 49.6 Å². The number of nitrogens with zero attached hydrogens (tertiary/aromatic N) is 1. The number of ether oxygens (including phenoxy) is 2. The van der Waals surface area contributed by atoms with Crippen LogP contribution in [0.1, 0.15) is 25.0 Å². The fraction of sp³-hybridized carbons (Fsp3) is 0.438. The number of epoxide rings is 1. The van der Waals surface area contributed by atoms with Crippen molar-refractivity contribution in [3.63, 3.8) is 0 Å². The van der Waals surface area contributed by atoms with Crippen LogP contribution in [0.5, 0.6) is 0 Å². The summed E-state index contributed by atoms with van der Waals surface area (Å²) >= 11 is 0. The summed E-state index contributed by atoms with van der Waals surface area (Å²) in [5, 5.41) is 9.30. The molecule has 3 aromatic rings. The number of rotatable bonds is 13. The van der Waals surface area contributed by atoms with Crippen LogP contribution in [0.3, 0.4) is 0 Å². The first-order chi connectivity index (χ1) is 20.7. The molecule has 0 aliphatic carbocycles. The van der Waals surface area contributed by atoms with Gasteiger partial charge < -0.3 is 29.8 Å². The maximum Gasteiger partial charge on any atom is 0.243 e. The second-order valence-corrected chi connectivity index (χ2v) is 11.4. The summed E-state index contributed by atoms with van der Waals surface area (Å²) in [5.41, 5.74) is 1.43. The van der Waals surface area contributed by atoms with Gasteiger partial charge in [-0.25, -0.2) is 0 Å². The zero-order valence-corrected chi connectivity index (χ0v) is 24.5. The van der Waals surface area contributed by atoms with Crippen molar-refractivity contribution in [3.8, 4) is 0 Å². The lowest BCUT2D eigenvalue weighted by atomic mass is 9.94. The molecule has 1 aromatic heterocycles. The van der Waals surface area contributed by atoms with Crippen molar-refractivity contribution in [2.45, 2.75) is 50.4 Å². The molecule has 228 valence electrons. The van der Waals surface area contributed by atoms with E-state index in [1.54, 1.807) is 20.1 Å². The maximum atomic E-state index is 13.8. The van der Waals surface area contributed by atoms with Crippen LogP contribution in [0.4, 0.5) is 0 Å². The smallest absolute Gasteiger partial charge is 0.243 e. The van der Waals surface area contributed by atoms with Crippen molar-refractivity contribution in [3.05, 3.63) is 72.0 Å². The first-order valence-electron chi connectivity index (χ1n) is 14.6. The van der Waals surface area contributed by atoms with Crippen LogP contribution < -0.4 is 16.0 Å². The number of furan rings is 1. The van der Waals surface area contributed by atoms with E-state index in [0.717, 1.165) is 16.5 Å².